The molecule has 23 heavy (non-hydrogen) atoms. The Bertz CT molecular complexity index is 726. The third kappa shape index (κ3) is 3.56. The lowest BCUT2D eigenvalue weighted by molar-refractivity contribution is -0.137. The van der Waals surface area contributed by atoms with Gasteiger partial charge >= 0.3 is 12.2 Å². The summed E-state index contributed by atoms with van der Waals surface area (Å²) in [5.74, 6) is 0. The van der Waals surface area contributed by atoms with E-state index < -0.39 is 11.7 Å². The summed E-state index contributed by atoms with van der Waals surface area (Å²) < 4.78 is 37.4. The Morgan fingerprint density at radius 3 is 2.52 bits per heavy atom. The van der Waals surface area contributed by atoms with Crippen molar-refractivity contribution in [2.45, 2.75) is 12.6 Å². The van der Waals surface area contributed by atoms with Crippen molar-refractivity contribution in [3.8, 4) is 0 Å². The number of carbonyl (C=O) groups excluding carboxylic acids is 1. The summed E-state index contributed by atoms with van der Waals surface area (Å²) in [4.78, 5) is 11.1. The van der Waals surface area contributed by atoms with Gasteiger partial charge in [0, 0.05) is 12.2 Å². The van der Waals surface area contributed by atoms with Crippen LogP contribution in [0.25, 0.3) is 0 Å². The number of benzene rings is 2. The first kappa shape index (κ1) is 15.2. The van der Waals surface area contributed by atoms with Gasteiger partial charge in [0.15, 0.2) is 0 Å². The monoisotopic (exact) mass is 320 g/mol. The first-order chi connectivity index (χ1) is 10.9. The van der Waals surface area contributed by atoms with Gasteiger partial charge in [-0.15, -0.1) is 0 Å². The molecule has 4 nitrogen and oxygen atoms in total. The van der Waals surface area contributed by atoms with E-state index >= 15 is 0 Å². The maximum Gasteiger partial charge on any atom is 0.416 e. The minimum absolute atomic E-state index is 0.387. The highest BCUT2D eigenvalue weighted by molar-refractivity contribution is 6.02. The van der Waals surface area contributed by atoms with E-state index in [4.69, 9.17) is 0 Å². The number of urea groups is 1. The van der Waals surface area contributed by atoms with Gasteiger partial charge in [0.1, 0.15) is 0 Å². The molecule has 2 N–H and O–H groups in total. The summed E-state index contributed by atoms with van der Waals surface area (Å²) in [5, 5.41) is 9.57. The summed E-state index contributed by atoms with van der Waals surface area (Å²) in [6.45, 7) is 0.561. The Kier molecular flexibility index (Phi) is 3.85. The number of amides is 2. The van der Waals surface area contributed by atoms with Crippen LogP contribution in [0.2, 0.25) is 0 Å². The molecule has 1 heterocycles. The summed E-state index contributed by atoms with van der Waals surface area (Å²) in [6.07, 6.45) is -3.72. The fourth-order valence-corrected chi connectivity index (χ4v) is 2.30. The van der Waals surface area contributed by atoms with Crippen molar-refractivity contribution in [1.82, 2.24) is 5.32 Å². The molecule has 1 radical (unpaired) electrons. The fraction of sp³-hybridized carbons (Fsp3) is 0.188. The largest absolute Gasteiger partial charge is 0.416 e. The molecule has 0 spiro atoms. The lowest BCUT2D eigenvalue weighted by Crippen LogP contribution is -2.08. The topological polar surface area (TPSA) is 55.2 Å². The molecule has 1 aliphatic rings. The van der Waals surface area contributed by atoms with Crippen molar-refractivity contribution in [2.75, 3.05) is 17.2 Å². The maximum absolute atomic E-state index is 12.5. The molecule has 0 saturated carbocycles. The van der Waals surface area contributed by atoms with Crippen LogP contribution in [-0.4, -0.2) is 12.6 Å². The normalized spacial score (nSPS) is 13.3. The molecular formula is C16H13F3N3O. The molecule has 1 aliphatic heterocycles. The third-order valence-electron chi connectivity index (χ3n) is 3.49. The molecule has 0 aromatic heterocycles. The number of alkyl halides is 3. The molecule has 2 aromatic carbocycles. The first-order valence-electron chi connectivity index (χ1n) is 6.98. The maximum atomic E-state index is 12.5. The van der Waals surface area contributed by atoms with Gasteiger partial charge in [0.05, 0.1) is 16.9 Å². The fourth-order valence-electron chi connectivity index (χ4n) is 2.30. The molecule has 3 rings (SSSR count). The average molecular weight is 320 g/mol. The van der Waals surface area contributed by atoms with Crippen LogP contribution in [0.4, 0.5) is 35.0 Å². The van der Waals surface area contributed by atoms with Crippen molar-refractivity contribution in [3.63, 3.8) is 0 Å². The highest BCUT2D eigenvalue weighted by atomic mass is 19.4. The van der Waals surface area contributed by atoms with Crippen molar-refractivity contribution >= 4 is 23.1 Å². The average Bonchev–Trinajstić information content (AvgIpc) is 2.86. The Hall–Kier alpha value is -2.70. The summed E-state index contributed by atoms with van der Waals surface area (Å²) in [5.41, 5.74) is 2.22. The highest BCUT2D eigenvalue weighted by Gasteiger charge is 2.29. The number of halogens is 3. The second-order valence-electron chi connectivity index (χ2n) is 5.15. The van der Waals surface area contributed by atoms with Crippen LogP contribution >= 0.6 is 0 Å². The van der Waals surface area contributed by atoms with Crippen molar-refractivity contribution in [1.29, 1.82) is 0 Å². The van der Waals surface area contributed by atoms with Crippen molar-refractivity contribution in [3.05, 3.63) is 53.6 Å². The van der Waals surface area contributed by atoms with Gasteiger partial charge in [-0.1, -0.05) is 12.1 Å². The number of fused-ring (bicyclic) bond motifs is 1. The number of rotatable bonds is 4. The molecule has 0 bridgehead atoms. The van der Waals surface area contributed by atoms with Crippen LogP contribution in [0.3, 0.4) is 0 Å². The van der Waals surface area contributed by atoms with Crippen LogP contribution in [0, 0.1) is 0 Å². The lowest BCUT2D eigenvalue weighted by Gasteiger charge is -2.09. The van der Waals surface area contributed by atoms with Gasteiger partial charge < -0.3 is 10.6 Å². The van der Waals surface area contributed by atoms with E-state index in [-0.39, 0.29) is 6.03 Å². The van der Waals surface area contributed by atoms with Crippen LogP contribution in [0.1, 0.15) is 11.1 Å². The number of anilines is 2. The number of nitrogens with zero attached hydrogens (tertiary/aromatic N) is 1. The summed E-state index contributed by atoms with van der Waals surface area (Å²) >= 11 is 0. The van der Waals surface area contributed by atoms with Crippen molar-refractivity contribution in [2.24, 2.45) is 0 Å². The minimum Gasteiger partial charge on any atom is -0.385 e. The predicted molar refractivity (Wildman–Crippen MR) is 80.9 cm³/mol. The van der Waals surface area contributed by atoms with E-state index in [9.17, 15) is 18.0 Å². The molecule has 2 amide bonds. The number of hydrogen-bond acceptors (Lipinski definition) is 2. The van der Waals surface area contributed by atoms with Gasteiger partial charge in [0.2, 0.25) is 0 Å². The lowest BCUT2D eigenvalue weighted by atomic mass is 10.1. The molecule has 0 atom stereocenters. The zero-order valence-corrected chi connectivity index (χ0v) is 11.9. The van der Waals surface area contributed by atoms with E-state index in [1.54, 1.807) is 12.1 Å². The van der Waals surface area contributed by atoms with Gasteiger partial charge in [-0.05, 0) is 42.3 Å². The van der Waals surface area contributed by atoms with E-state index in [0.717, 1.165) is 23.4 Å². The van der Waals surface area contributed by atoms with Gasteiger partial charge in [-0.2, -0.15) is 18.5 Å². The van der Waals surface area contributed by atoms with E-state index in [0.29, 0.717) is 24.3 Å². The zero-order chi connectivity index (χ0) is 16.4. The molecule has 119 valence electrons. The van der Waals surface area contributed by atoms with Gasteiger partial charge in [-0.3, -0.25) is 0 Å². The Morgan fingerprint density at radius 2 is 1.83 bits per heavy atom. The highest BCUT2D eigenvalue weighted by Crippen LogP contribution is 2.30. The minimum atomic E-state index is -4.31. The third-order valence-corrected chi connectivity index (χ3v) is 3.49. The number of carbonyl (C=O) groups is 1. The molecular weight excluding hydrogens is 307 g/mol. The molecule has 7 heteroatoms. The Balaban J connectivity index is 1.56. The Morgan fingerprint density at radius 1 is 1.09 bits per heavy atom. The quantitative estimate of drug-likeness (QED) is 0.889. The van der Waals surface area contributed by atoms with Gasteiger partial charge in [-0.25, -0.2) is 4.79 Å². The number of hydrogen-bond donors (Lipinski definition) is 2. The molecule has 0 unspecified atom stereocenters. The van der Waals surface area contributed by atoms with Crippen LogP contribution in [0.15, 0.2) is 42.5 Å². The van der Waals surface area contributed by atoms with Crippen LogP contribution in [-0.2, 0) is 12.6 Å². The predicted octanol–water partition coefficient (Wildman–Crippen LogP) is 4.14. The van der Waals surface area contributed by atoms with Gasteiger partial charge in [0.25, 0.3) is 0 Å². The van der Waals surface area contributed by atoms with Crippen molar-refractivity contribution < 1.29 is 18.0 Å². The van der Waals surface area contributed by atoms with Crippen LogP contribution in [0.5, 0.6) is 0 Å². The second-order valence-corrected chi connectivity index (χ2v) is 5.15. The summed E-state index contributed by atoms with van der Waals surface area (Å²) in [6, 6.07) is 10.1. The van der Waals surface area contributed by atoms with E-state index in [1.807, 2.05) is 6.07 Å². The standard InChI is InChI=1S/C16H13F3N3O/c17-16(18,19)11-3-1-10(2-4-11)7-8-20-12-5-6-13-14(9-12)22-15(23)21-13/h1-6,9,20H,7-8H2,(H,21,23). The SMILES string of the molecule is O=C1[N]c2cc(NCCc3ccc(C(F)(F)F)cc3)ccc2N1. The molecule has 0 aliphatic carbocycles. The van der Waals surface area contributed by atoms with E-state index in [2.05, 4.69) is 16.0 Å². The Labute approximate surface area is 130 Å². The molecule has 0 saturated heterocycles. The van der Waals surface area contributed by atoms with Crippen LogP contribution < -0.4 is 16.0 Å². The first-order valence-corrected chi connectivity index (χ1v) is 6.98. The zero-order valence-electron chi connectivity index (χ0n) is 11.9. The molecule has 0 fully saturated rings. The molecule has 2 aromatic rings. The van der Waals surface area contributed by atoms with E-state index in [1.165, 1.54) is 12.1 Å². The smallest absolute Gasteiger partial charge is 0.385 e. The second kappa shape index (κ2) is 5.83. The summed E-state index contributed by atoms with van der Waals surface area (Å²) in [7, 11) is 0. The number of nitrogens with one attached hydrogen (secondary N) is 2.